The summed E-state index contributed by atoms with van der Waals surface area (Å²) in [5.41, 5.74) is 0.834. The highest BCUT2D eigenvalue weighted by atomic mass is 19.4. The van der Waals surface area contributed by atoms with Crippen molar-refractivity contribution >= 4 is 35.4 Å². The fourth-order valence-corrected chi connectivity index (χ4v) is 6.86. The molecule has 2 aliphatic carbocycles. The van der Waals surface area contributed by atoms with Gasteiger partial charge in [-0.3, -0.25) is 24.2 Å². The van der Waals surface area contributed by atoms with Crippen molar-refractivity contribution in [2.75, 3.05) is 23.7 Å². The van der Waals surface area contributed by atoms with Crippen molar-refractivity contribution in [3.05, 3.63) is 82.7 Å². The fourth-order valence-electron chi connectivity index (χ4n) is 6.86. The first-order chi connectivity index (χ1) is 20.0. The molecule has 2 N–H and O–H groups in total. The molecule has 3 aromatic rings. The van der Waals surface area contributed by atoms with Gasteiger partial charge in [0.1, 0.15) is 24.7 Å². The minimum atomic E-state index is -4.80. The molecule has 214 valence electrons. The number of hydrogen-bond donors (Lipinski definition) is 2. The SMILES string of the molecule is O=C(CN1C(=O)N(CC(F)(F)F)C(=O)C12CCc1ccccc12)Nc1ccc2c(n1)C[C@@]1(C2)C(=O)Nc2ncccc21. The van der Waals surface area contributed by atoms with Gasteiger partial charge < -0.3 is 10.6 Å². The van der Waals surface area contributed by atoms with Gasteiger partial charge in [-0.15, -0.1) is 0 Å². The van der Waals surface area contributed by atoms with Crippen LogP contribution in [0.15, 0.2) is 54.7 Å². The highest BCUT2D eigenvalue weighted by Crippen LogP contribution is 2.48. The maximum Gasteiger partial charge on any atom is 0.406 e. The zero-order chi connectivity index (χ0) is 29.4. The zero-order valence-electron chi connectivity index (χ0n) is 22.0. The maximum atomic E-state index is 13.5. The van der Waals surface area contributed by atoms with Crippen LogP contribution >= 0.6 is 0 Å². The van der Waals surface area contributed by atoms with Crippen LogP contribution in [-0.4, -0.2) is 62.8 Å². The van der Waals surface area contributed by atoms with Gasteiger partial charge in [-0.2, -0.15) is 13.2 Å². The van der Waals surface area contributed by atoms with Crippen molar-refractivity contribution < 1.29 is 32.3 Å². The number of amides is 5. The number of imide groups is 1. The lowest BCUT2D eigenvalue weighted by Crippen LogP contribution is -2.48. The summed E-state index contributed by atoms with van der Waals surface area (Å²) in [6, 6.07) is 12.5. The summed E-state index contributed by atoms with van der Waals surface area (Å²) in [4.78, 5) is 62.9. The first-order valence-corrected chi connectivity index (χ1v) is 13.4. The molecule has 1 unspecified atom stereocenters. The van der Waals surface area contributed by atoms with Gasteiger partial charge in [0.05, 0.1) is 5.41 Å². The molecule has 0 bridgehead atoms. The minimum absolute atomic E-state index is 0.0656. The van der Waals surface area contributed by atoms with E-state index < -0.39 is 48.1 Å². The lowest BCUT2D eigenvalue weighted by Gasteiger charge is -2.32. The number of fused-ring (bicyclic) bond motifs is 5. The molecular weight excluding hydrogens is 553 g/mol. The third-order valence-electron chi connectivity index (χ3n) is 8.67. The van der Waals surface area contributed by atoms with Gasteiger partial charge in [0.2, 0.25) is 11.8 Å². The summed E-state index contributed by atoms with van der Waals surface area (Å²) in [7, 11) is 0. The molecule has 1 saturated heterocycles. The molecular formula is C29H23F3N6O4. The third-order valence-corrected chi connectivity index (χ3v) is 8.67. The summed E-state index contributed by atoms with van der Waals surface area (Å²) >= 11 is 0. The van der Waals surface area contributed by atoms with Crippen LogP contribution in [0.25, 0.3) is 0 Å². The Hall–Kier alpha value is -4.81. The summed E-state index contributed by atoms with van der Waals surface area (Å²) < 4.78 is 40.0. The smallest absolute Gasteiger partial charge is 0.310 e. The molecule has 7 rings (SSSR count). The molecule has 2 atom stereocenters. The molecule has 4 heterocycles. The van der Waals surface area contributed by atoms with Crippen LogP contribution in [0.4, 0.5) is 29.6 Å². The summed E-state index contributed by atoms with van der Waals surface area (Å²) in [6.45, 7) is -2.40. The van der Waals surface area contributed by atoms with Crippen LogP contribution in [0.1, 0.15) is 34.4 Å². The van der Waals surface area contributed by atoms with E-state index in [9.17, 15) is 32.3 Å². The second-order valence-electron chi connectivity index (χ2n) is 11.0. The van der Waals surface area contributed by atoms with Crippen molar-refractivity contribution in [2.24, 2.45) is 0 Å². The molecule has 42 heavy (non-hydrogen) atoms. The van der Waals surface area contributed by atoms with E-state index in [1.54, 1.807) is 48.7 Å². The lowest BCUT2D eigenvalue weighted by atomic mass is 9.80. The van der Waals surface area contributed by atoms with Crippen molar-refractivity contribution in [2.45, 2.75) is 42.8 Å². The quantitative estimate of drug-likeness (QED) is 0.460. The number of alkyl halides is 3. The van der Waals surface area contributed by atoms with E-state index in [4.69, 9.17) is 0 Å². The van der Waals surface area contributed by atoms with Gasteiger partial charge in [-0.25, -0.2) is 14.8 Å². The Bertz CT molecular complexity index is 1710. The monoisotopic (exact) mass is 576 g/mol. The normalized spacial score (nSPS) is 23.9. The number of carbonyl (C=O) groups is 4. The first-order valence-electron chi connectivity index (χ1n) is 13.4. The molecule has 0 radical (unpaired) electrons. The Labute approximate surface area is 236 Å². The Morgan fingerprint density at radius 2 is 1.79 bits per heavy atom. The highest BCUT2D eigenvalue weighted by Gasteiger charge is 2.62. The average Bonchev–Trinajstić information content (AvgIpc) is 3.65. The standard InChI is InChI=1S/C29H23F3N6O4/c30-29(31,32)15-37-25(41)28(10-9-16-4-1-2-5-18(16)28)38(26(37)42)14-22(39)35-21-8-7-17-12-27(13-20(17)34-21)19-6-3-11-33-23(19)36-24(27)40/h1-8,11H,9-10,12-15H2,(H,33,36,40)(H,34,35,39)/t27-,28?/m1/s1. The Kier molecular flexibility index (Phi) is 5.50. The van der Waals surface area contributed by atoms with Gasteiger partial charge in [0.15, 0.2) is 5.54 Å². The van der Waals surface area contributed by atoms with Gasteiger partial charge in [0.25, 0.3) is 5.91 Å². The average molecular weight is 577 g/mol. The van der Waals surface area contributed by atoms with E-state index in [0.717, 1.165) is 21.6 Å². The molecule has 2 aromatic heterocycles. The van der Waals surface area contributed by atoms with Crippen LogP contribution in [-0.2, 0) is 44.6 Å². The second kappa shape index (κ2) is 8.84. The summed E-state index contributed by atoms with van der Waals surface area (Å²) in [5.74, 6) is -1.22. The number of aryl methyl sites for hydroxylation is 1. The van der Waals surface area contributed by atoms with E-state index in [-0.39, 0.29) is 23.0 Å². The molecule has 2 aliphatic heterocycles. The Balaban J connectivity index is 1.15. The van der Waals surface area contributed by atoms with Crippen LogP contribution in [0.5, 0.6) is 0 Å². The number of aromatic nitrogens is 2. The number of urea groups is 1. The molecule has 1 aromatic carbocycles. The molecule has 5 amide bonds. The molecule has 4 aliphatic rings. The van der Waals surface area contributed by atoms with Crippen LogP contribution in [0, 0.1) is 0 Å². The van der Waals surface area contributed by atoms with E-state index in [0.29, 0.717) is 36.3 Å². The van der Waals surface area contributed by atoms with Gasteiger partial charge >= 0.3 is 12.2 Å². The Morgan fingerprint density at radius 1 is 1.00 bits per heavy atom. The number of hydrogen-bond acceptors (Lipinski definition) is 6. The van der Waals surface area contributed by atoms with Crippen molar-refractivity contribution in [3.63, 3.8) is 0 Å². The molecule has 10 nitrogen and oxygen atoms in total. The predicted octanol–water partition coefficient (Wildman–Crippen LogP) is 3.07. The number of benzene rings is 1. The number of halogens is 3. The Morgan fingerprint density at radius 3 is 2.60 bits per heavy atom. The molecule has 2 spiro atoms. The number of nitrogens with one attached hydrogen (secondary N) is 2. The van der Waals surface area contributed by atoms with Crippen molar-refractivity contribution in [1.29, 1.82) is 0 Å². The number of nitrogens with zero attached hydrogens (tertiary/aromatic N) is 4. The largest absolute Gasteiger partial charge is 0.406 e. The van der Waals surface area contributed by atoms with Crippen LogP contribution < -0.4 is 10.6 Å². The molecule has 0 saturated carbocycles. The van der Waals surface area contributed by atoms with Crippen molar-refractivity contribution in [3.8, 4) is 0 Å². The van der Waals surface area contributed by atoms with E-state index in [1.807, 2.05) is 6.07 Å². The van der Waals surface area contributed by atoms with E-state index in [1.165, 1.54) is 0 Å². The maximum absolute atomic E-state index is 13.5. The van der Waals surface area contributed by atoms with Gasteiger partial charge in [-0.05, 0) is 48.1 Å². The topological polar surface area (TPSA) is 125 Å². The van der Waals surface area contributed by atoms with Gasteiger partial charge in [0, 0.05) is 23.9 Å². The lowest BCUT2D eigenvalue weighted by molar-refractivity contribution is -0.155. The van der Waals surface area contributed by atoms with E-state index >= 15 is 0 Å². The number of carbonyl (C=O) groups excluding carboxylic acids is 4. The predicted molar refractivity (Wildman–Crippen MR) is 141 cm³/mol. The summed E-state index contributed by atoms with van der Waals surface area (Å²) in [6.07, 6.45) is -2.07. The van der Waals surface area contributed by atoms with Crippen LogP contribution in [0.2, 0.25) is 0 Å². The molecule has 1 fully saturated rings. The van der Waals surface area contributed by atoms with Crippen LogP contribution in [0.3, 0.4) is 0 Å². The second-order valence-corrected chi connectivity index (χ2v) is 11.0. The summed E-state index contributed by atoms with van der Waals surface area (Å²) in [5, 5.41) is 5.45. The number of rotatable bonds is 4. The minimum Gasteiger partial charge on any atom is -0.310 e. The third kappa shape index (κ3) is 3.72. The van der Waals surface area contributed by atoms with E-state index in [2.05, 4.69) is 20.6 Å². The fraction of sp³-hybridized carbons (Fsp3) is 0.310. The first kappa shape index (κ1) is 26.1. The number of anilines is 2. The number of pyridine rings is 2. The zero-order valence-corrected chi connectivity index (χ0v) is 22.0. The van der Waals surface area contributed by atoms with Crippen molar-refractivity contribution in [1.82, 2.24) is 19.8 Å². The van der Waals surface area contributed by atoms with Gasteiger partial charge in [-0.1, -0.05) is 36.4 Å². The highest BCUT2D eigenvalue weighted by molar-refractivity contribution is 6.10. The molecule has 13 heteroatoms.